The Bertz CT molecular complexity index is 280. The Kier molecular flexibility index (Phi) is 7.49. The number of hydrogen-bond acceptors (Lipinski definition) is 4. The summed E-state index contributed by atoms with van der Waals surface area (Å²) in [6.07, 6.45) is 0.424. The zero-order valence-corrected chi connectivity index (χ0v) is 9.99. The van der Waals surface area contributed by atoms with E-state index >= 15 is 0 Å². The van der Waals surface area contributed by atoms with Gasteiger partial charge in [0.05, 0.1) is 12.5 Å². The third-order valence-electron chi connectivity index (χ3n) is 2.05. The van der Waals surface area contributed by atoms with Gasteiger partial charge < -0.3 is 20.5 Å². The molecule has 0 fully saturated rings. The van der Waals surface area contributed by atoms with Crippen molar-refractivity contribution in [3.8, 4) is 0 Å². The number of hydrogen-bond donors (Lipinski definition) is 3. The molecule has 0 aromatic heterocycles. The third kappa shape index (κ3) is 7.15. The number of carbonyl (C=O) groups is 3. The summed E-state index contributed by atoms with van der Waals surface area (Å²) in [5, 5.41) is 13.4. The zero-order valence-electron chi connectivity index (χ0n) is 9.99. The van der Waals surface area contributed by atoms with Gasteiger partial charge in [-0.1, -0.05) is 6.92 Å². The molecule has 1 atom stereocenters. The normalized spacial score (nSPS) is 11.4. The first kappa shape index (κ1) is 15.2. The summed E-state index contributed by atoms with van der Waals surface area (Å²) in [6, 6.07) is -0.585. The first-order chi connectivity index (χ1) is 8.01. The van der Waals surface area contributed by atoms with E-state index in [0.717, 1.165) is 0 Å². The molecule has 0 bridgehead atoms. The maximum absolute atomic E-state index is 11.2. The van der Waals surface area contributed by atoms with Crippen LogP contribution in [0.2, 0.25) is 0 Å². The van der Waals surface area contributed by atoms with Crippen LogP contribution in [0.15, 0.2) is 0 Å². The largest absolute Gasteiger partial charge is 0.481 e. The molecule has 2 amide bonds. The van der Waals surface area contributed by atoms with Gasteiger partial charge in [-0.3, -0.25) is 9.59 Å². The number of aliphatic carboxylic acids is 1. The topological polar surface area (TPSA) is 105 Å². The van der Waals surface area contributed by atoms with Crippen LogP contribution in [0.25, 0.3) is 0 Å². The summed E-state index contributed by atoms with van der Waals surface area (Å²) in [7, 11) is 0. The molecule has 3 N–H and O–H groups in total. The van der Waals surface area contributed by atoms with Crippen LogP contribution in [0.5, 0.6) is 0 Å². The molecule has 0 spiro atoms. The van der Waals surface area contributed by atoms with Crippen molar-refractivity contribution in [2.75, 3.05) is 19.7 Å². The van der Waals surface area contributed by atoms with Crippen LogP contribution in [-0.2, 0) is 14.3 Å². The summed E-state index contributed by atoms with van der Waals surface area (Å²) in [4.78, 5) is 32.7. The summed E-state index contributed by atoms with van der Waals surface area (Å²) in [6.45, 7) is 3.43. The van der Waals surface area contributed by atoms with Gasteiger partial charge in [0.2, 0.25) is 0 Å². The van der Waals surface area contributed by atoms with Crippen molar-refractivity contribution in [1.29, 1.82) is 0 Å². The molecule has 1 unspecified atom stereocenters. The van der Waals surface area contributed by atoms with Gasteiger partial charge in [0.1, 0.15) is 6.54 Å². The Hall–Kier alpha value is -1.79. The van der Waals surface area contributed by atoms with Crippen LogP contribution in [0, 0.1) is 5.92 Å². The lowest BCUT2D eigenvalue weighted by Gasteiger charge is -2.11. The lowest BCUT2D eigenvalue weighted by molar-refractivity contribution is -0.142. The highest BCUT2D eigenvalue weighted by molar-refractivity contribution is 5.81. The number of nitrogens with one attached hydrogen (secondary N) is 2. The number of carbonyl (C=O) groups excluding carboxylic acids is 2. The molecule has 0 radical (unpaired) electrons. The van der Waals surface area contributed by atoms with Crippen LogP contribution in [-0.4, -0.2) is 42.8 Å². The highest BCUT2D eigenvalue weighted by atomic mass is 16.5. The average Bonchev–Trinajstić information content (AvgIpc) is 2.27. The van der Waals surface area contributed by atoms with E-state index in [1.54, 1.807) is 13.8 Å². The zero-order chi connectivity index (χ0) is 13.3. The van der Waals surface area contributed by atoms with Crippen LogP contribution < -0.4 is 10.6 Å². The summed E-state index contributed by atoms with van der Waals surface area (Å²) in [5.41, 5.74) is 0. The maximum Gasteiger partial charge on any atom is 0.325 e. The quantitative estimate of drug-likeness (QED) is 0.547. The van der Waals surface area contributed by atoms with Crippen molar-refractivity contribution in [2.24, 2.45) is 5.92 Å². The second kappa shape index (κ2) is 8.37. The van der Waals surface area contributed by atoms with Gasteiger partial charge in [-0.05, 0) is 13.3 Å². The van der Waals surface area contributed by atoms with E-state index in [1.807, 2.05) is 0 Å². The first-order valence-electron chi connectivity index (χ1n) is 5.41. The van der Waals surface area contributed by atoms with E-state index in [2.05, 4.69) is 15.4 Å². The number of carboxylic acid groups (broad SMARTS) is 1. The minimum Gasteiger partial charge on any atom is -0.481 e. The number of esters is 1. The van der Waals surface area contributed by atoms with E-state index in [1.165, 1.54) is 0 Å². The van der Waals surface area contributed by atoms with Crippen molar-refractivity contribution in [1.82, 2.24) is 10.6 Å². The molecule has 0 saturated carbocycles. The molecule has 7 nitrogen and oxygen atoms in total. The second-order valence-electron chi connectivity index (χ2n) is 3.31. The molecule has 17 heavy (non-hydrogen) atoms. The van der Waals surface area contributed by atoms with Gasteiger partial charge in [-0.15, -0.1) is 0 Å². The minimum atomic E-state index is -0.960. The molecule has 0 rings (SSSR count). The first-order valence-corrected chi connectivity index (χ1v) is 5.41. The Morgan fingerprint density at radius 1 is 1.24 bits per heavy atom. The molecule has 0 aliphatic heterocycles. The molecular weight excluding hydrogens is 228 g/mol. The Labute approximate surface area is 99.5 Å². The van der Waals surface area contributed by atoms with Crippen LogP contribution in [0.1, 0.15) is 20.3 Å². The van der Waals surface area contributed by atoms with E-state index in [-0.39, 0.29) is 19.7 Å². The van der Waals surface area contributed by atoms with Crippen LogP contribution in [0.3, 0.4) is 0 Å². The number of rotatable bonds is 7. The fourth-order valence-electron chi connectivity index (χ4n) is 1.05. The molecule has 0 aliphatic carbocycles. The van der Waals surface area contributed by atoms with E-state index in [9.17, 15) is 14.4 Å². The van der Waals surface area contributed by atoms with Gasteiger partial charge in [0.15, 0.2) is 0 Å². The van der Waals surface area contributed by atoms with Crippen molar-refractivity contribution in [3.05, 3.63) is 0 Å². The highest BCUT2D eigenvalue weighted by Gasteiger charge is 2.15. The fourth-order valence-corrected chi connectivity index (χ4v) is 1.05. The molecule has 0 saturated heterocycles. The summed E-state index contributed by atoms with van der Waals surface area (Å²) in [5.74, 6) is -2.12. The summed E-state index contributed by atoms with van der Waals surface area (Å²) < 4.78 is 4.60. The Balaban J connectivity index is 3.79. The van der Waals surface area contributed by atoms with E-state index in [4.69, 9.17) is 5.11 Å². The van der Waals surface area contributed by atoms with Gasteiger partial charge >= 0.3 is 18.0 Å². The van der Waals surface area contributed by atoms with Gasteiger partial charge in [-0.2, -0.15) is 0 Å². The molecule has 0 aromatic carbocycles. The Morgan fingerprint density at radius 3 is 2.35 bits per heavy atom. The van der Waals surface area contributed by atoms with Gasteiger partial charge in [0.25, 0.3) is 0 Å². The summed E-state index contributed by atoms with van der Waals surface area (Å²) >= 11 is 0. The van der Waals surface area contributed by atoms with E-state index in [0.29, 0.717) is 6.42 Å². The molecule has 0 aliphatic rings. The van der Waals surface area contributed by atoms with Gasteiger partial charge in [0, 0.05) is 6.54 Å². The predicted octanol–water partition coefficient (Wildman–Crippen LogP) is -0.0405. The smallest absolute Gasteiger partial charge is 0.325 e. The van der Waals surface area contributed by atoms with Crippen LogP contribution >= 0.6 is 0 Å². The lowest BCUT2D eigenvalue weighted by atomic mass is 10.1. The molecule has 7 heteroatoms. The van der Waals surface area contributed by atoms with Crippen molar-refractivity contribution in [3.63, 3.8) is 0 Å². The number of ether oxygens (including phenoxy) is 1. The second-order valence-corrected chi connectivity index (χ2v) is 3.31. The minimum absolute atomic E-state index is 0.0283. The van der Waals surface area contributed by atoms with E-state index < -0.39 is 23.9 Å². The number of carboxylic acids is 1. The van der Waals surface area contributed by atoms with Gasteiger partial charge in [-0.25, -0.2) is 4.79 Å². The predicted molar refractivity (Wildman–Crippen MR) is 59.5 cm³/mol. The number of urea groups is 1. The highest BCUT2D eigenvalue weighted by Crippen LogP contribution is 1.99. The molecule has 0 heterocycles. The maximum atomic E-state index is 11.2. The third-order valence-corrected chi connectivity index (χ3v) is 2.05. The molecule has 0 aromatic rings. The standard InChI is InChI=1S/C10H18N2O5/c1-3-7(9(14)15)5-11-10(16)12-6-8(13)17-4-2/h7H,3-6H2,1-2H3,(H,14,15)(H2,11,12,16). The van der Waals surface area contributed by atoms with Crippen molar-refractivity contribution in [2.45, 2.75) is 20.3 Å². The molecular formula is C10H18N2O5. The number of amides is 2. The van der Waals surface area contributed by atoms with Crippen LogP contribution in [0.4, 0.5) is 4.79 Å². The SMILES string of the molecule is CCOC(=O)CNC(=O)NCC(CC)C(=O)O. The lowest BCUT2D eigenvalue weighted by Crippen LogP contribution is -2.42. The average molecular weight is 246 g/mol. The van der Waals surface area contributed by atoms with Crippen molar-refractivity contribution >= 4 is 18.0 Å². The fraction of sp³-hybridized carbons (Fsp3) is 0.700. The Morgan fingerprint density at radius 2 is 1.88 bits per heavy atom. The molecule has 98 valence electrons. The van der Waals surface area contributed by atoms with Crippen molar-refractivity contribution < 1.29 is 24.2 Å². The monoisotopic (exact) mass is 246 g/mol.